The quantitative estimate of drug-likeness (QED) is 0.866. The van der Waals surface area contributed by atoms with E-state index in [9.17, 15) is 9.90 Å². The number of hydrogen-bond acceptors (Lipinski definition) is 4. The van der Waals surface area contributed by atoms with Gasteiger partial charge < -0.3 is 10.0 Å². The zero-order chi connectivity index (χ0) is 15.6. The molecule has 2 rings (SSSR count). The molecule has 21 heavy (non-hydrogen) atoms. The predicted octanol–water partition coefficient (Wildman–Crippen LogP) is 2.47. The number of amidine groups is 1. The van der Waals surface area contributed by atoms with Gasteiger partial charge in [-0.15, -0.1) is 0 Å². The standard InChI is InChI=1S/C16H21N3O2/c1-5-19(6-2)13-8-7-12(15(20)10-13)9-14-16(21)18(4)11(3)17-14/h7-10,20H,5-6H2,1-4H3/b14-9-. The van der Waals surface area contributed by atoms with E-state index < -0.39 is 0 Å². The third kappa shape index (κ3) is 2.91. The first-order chi connectivity index (χ1) is 9.97. The first kappa shape index (κ1) is 15.1. The van der Waals surface area contributed by atoms with Crippen molar-refractivity contribution in [3.8, 4) is 5.75 Å². The van der Waals surface area contributed by atoms with Gasteiger partial charge in [0.15, 0.2) is 0 Å². The molecule has 0 saturated heterocycles. The van der Waals surface area contributed by atoms with Crippen molar-refractivity contribution in [2.75, 3.05) is 25.0 Å². The van der Waals surface area contributed by atoms with Crippen molar-refractivity contribution in [3.05, 3.63) is 29.5 Å². The molecule has 0 atom stereocenters. The maximum atomic E-state index is 12.0. The van der Waals surface area contributed by atoms with Gasteiger partial charge in [0, 0.05) is 37.5 Å². The van der Waals surface area contributed by atoms with Crippen LogP contribution in [0.5, 0.6) is 5.75 Å². The Kier molecular flexibility index (Phi) is 4.31. The van der Waals surface area contributed by atoms with Crippen LogP contribution in [0.1, 0.15) is 26.3 Å². The second-order valence-corrected chi connectivity index (χ2v) is 4.97. The molecule has 1 aliphatic heterocycles. The van der Waals surface area contributed by atoms with Crippen molar-refractivity contribution in [3.63, 3.8) is 0 Å². The second kappa shape index (κ2) is 5.99. The maximum absolute atomic E-state index is 12.0. The molecule has 0 fully saturated rings. The van der Waals surface area contributed by atoms with Crippen LogP contribution < -0.4 is 4.90 Å². The topological polar surface area (TPSA) is 56.1 Å². The highest BCUT2D eigenvalue weighted by molar-refractivity contribution is 6.13. The van der Waals surface area contributed by atoms with Gasteiger partial charge >= 0.3 is 0 Å². The van der Waals surface area contributed by atoms with E-state index in [0.717, 1.165) is 18.8 Å². The molecule has 0 aromatic heterocycles. The molecule has 0 aliphatic carbocycles. The SMILES string of the molecule is CCN(CC)c1ccc(/C=C2\N=C(C)N(C)C2=O)c(O)c1. The van der Waals surface area contributed by atoms with Crippen molar-refractivity contribution < 1.29 is 9.90 Å². The number of nitrogens with zero attached hydrogens (tertiary/aromatic N) is 3. The zero-order valence-corrected chi connectivity index (χ0v) is 12.9. The number of aliphatic imine (C=N–C) groups is 1. The number of phenolic OH excluding ortho intramolecular Hbond substituents is 1. The van der Waals surface area contributed by atoms with Gasteiger partial charge in [0.25, 0.3) is 5.91 Å². The van der Waals surface area contributed by atoms with Crippen LogP contribution in [0.2, 0.25) is 0 Å². The molecule has 1 heterocycles. The summed E-state index contributed by atoms with van der Waals surface area (Å²) in [6.07, 6.45) is 1.62. The summed E-state index contributed by atoms with van der Waals surface area (Å²) in [6, 6.07) is 5.48. The Labute approximate surface area is 125 Å². The number of carbonyl (C=O) groups excluding carboxylic acids is 1. The number of anilines is 1. The number of benzene rings is 1. The van der Waals surface area contributed by atoms with Gasteiger partial charge in [-0.05, 0) is 39.0 Å². The van der Waals surface area contributed by atoms with E-state index in [1.807, 2.05) is 12.1 Å². The van der Waals surface area contributed by atoms with Gasteiger partial charge in [-0.3, -0.25) is 9.69 Å². The summed E-state index contributed by atoms with van der Waals surface area (Å²) >= 11 is 0. The molecule has 1 aromatic carbocycles. The fourth-order valence-electron chi connectivity index (χ4n) is 2.30. The van der Waals surface area contributed by atoms with Crippen molar-refractivity contribution in [1.29, 1.82) is 0 Å². The minimum absolute atomic E-state index is 0.153. The number of hydrogen-bond donors (Lipinski definition) is 1. The zero-order valence-electron chi connectivity index (χ0n) is 12.9. The van der Waals surface area contributed by atoms with Gasteiger partial charge in [0.05, 0.1) is 0 Å². The molecule has 0 unspecified atom stereocenters. The van der Waals surface area contributed by atoms with E-state index >= 15 is 0 Å². The van der Waals surface area contributed by atoms with Gasteiger partial charge in [-0.2, -0.15) is 0 Å². The summed E-state index contributed by atoms with van der Waals surface area (Å²) < 4.78 is 0. The molecule has 1 aromatic rings. The lowest BCUT2D eigenvalue weighted by Crippen LogP contribution is -2.25. The average Bonchev–Trinajstić information content (AvgIpc) is 2.70. The lowest BCUT2D eigenvalue weighted by molar-refractivity contribution is -0.121. The molecule has 5 heteroatoms. The Morgan fingerprint density at radius 1 is 1.33 bits per heavy atom. The summed E-state index contributed by atoms with van der Waals surface area (Å²) in [6.45, 7) is 7.68. The number of carbonyl (C=O) groups is 1. The lowest BCUT2D eigenvalue weighted by Gasteiger charge is -2.21. The Hall–Kier alpha value is -2.30. The van der Waals surface area contributed by atoms with Crippen LogP contribution in [-0.4, -0.2) is 41.9 Å². The fourth-order valence-corrected chi connectivity index (χ4v) is 2.30. The first-order valence-electron chi connectivity index (χ1n) is 7.11. The molecule has 0 bridgehead atoms. The molecule has 0 saturated carbocycles. The summed E-state index contributed by atoms with van der Waals surface area (Å²) in [4.78, 5) is 19.8. The van der Waals surface area contributed by atoms with Crippen molar-refractivity contribution in [1.82, 2.24) is 4.90 Å². The molecular weight excluding hydrogens is 266 g/mol. The van der Waals surface area contributed by atoms with Crippen LogP contribution in [-0.2, 0) is 4.79 Å². The number of rotatable bonds is 4. The smallest absolute Gasteiger partial charge is 0.277 e. The highest BCUT2D eigenvalue weighted by atomic mass is 16.3. The van der Waals surface area contributed by atoms with E-state index in [2.05, 4.69) is 23.7 Å². The monoisotopic (exact) mass is 287 g/mol. The van der Waals surface area contributed by atoms with Crippen LogP contribution in [0, 0.1) is 0 Å². The van der Waals surface area contributed by atoms with Crippen molar-refractivity contribution in [2.24, 2.45) is 4.99 Å². The van der Waals surface area contributed by atoms with Gasteiger partial charge in [-0.25, -0.2) is 4.99 Å². The van der Waals surface area contributed by atoms with Gasteiger partial charge in [0.2, 0.25) is 0 Å². The fraction of sp³-hybridized carbons (Fsp3) is 0.375. The predicted molar refractivity (Wildman–Crippen MR) is 85.5 cm³/mol. The van der Waals surface area contributed by atoms with Crippen LogP contribution in [0.15, 0.2) is 28.9 Å². The van der Waals surface area contributed by atoms with E-state index in [0.29, 0.717) is 17.1 Å². The Balaban J connectivity index is 2.33. The molecule has 0 spiro atoms. The van der Waals surface area contributed by atoms with Crippen LogP contribution >= 0.6 is 0 Å². The highest BCUT2D eigenvalue weighted by Crippen LogP contribution is 2.28. The van der Waals surface area contributed by atoms with E-state index in [1.54, 1.807) is 26.1 Å². The van der Waals surface area contributed by atoms with Crippen LogP contribution in [0.25, 0.3) is 6.08 Å². The molecule has 5 nitrogen and oxygen atoms in total. The second-order valence-electron chi connectivity index (χ2n) is 4.97. The summed E-state index contributed by atoms with van der Waals surface area (Å²) in [5.74, 6) is 0.660. The van der Waals surface area contributed by atoms with E-state index in [1.165, 1.54) is 4.90 Å². The van der Waals surface area contributed by atoms with Crippen LogP contribution in [0.4, 0.5) is 5.69 Å². The molecule has 112 valence electrons. The molecule has 1 aliphatic rings. The first-order valence-corrected chi connectivity index (χ1v) is 7.11. The number of phenols is 1. The Morgan fingerprint density at radius 3 is 2.48 bits per heavy atom. The number of amides is 1. The van der Waals surface area contributed by atoms with Crippen molar-refractivity contribution in [2.45, 2.75) is 20.8 Å². The van der Waals surface area contributed by atoms with E-state index in [4.69, 9.17) is 0 Å². The molecule has 1 amide bonds. The van der Waals surface area contributed by atoms with Crippen molar-refractivity contribution >= 4 is 23.5 Å². The Bertz CT molecular complexity index is 616. The Morgan fingerprint density at radius 2 is 2.00 bits per heavy atom. The molecule has 0 radical (unpaired) electrons. The molecule has 1 N–H and O–H groups in total. The van der Waals surface area contributed by atoms with Gasteiger partial charge in [-0.1, -0.05) is 0 Å². The molecular formula is C16H21N3O2. The summed E-state index contributed by atoms with van der Waals surface area (Å²) in [5.41, 5.74) is 1.91. The average molecular weight is 287 g/mol. The minimum atomic E-state index is -0.153. The summed E-state index contributed by atoms with van der Waals surface area (Å²) in [5, 5.41) is 10.2. The number of likely N-dealkylation sites (N-methyl/N-ethyl adjacent to an activating group) is 1. The third-order valence-corrected chi connectivity index (χ3v) is 3.73. The van der Waals surface area contributed by atoms with Gasteiger partial charge in [0.1, 0.15) is 17.3 Å². The number of aromatic hydroxyl groups is 1. The normalized spacial score (nSPS) is 16.6. The van der Waals surface area contributed by atoms with E-state index in [-0.39, 0.29) is 11.7 Å². The maximum Gasteiger partial charge on any atom is 0.277 e. The highest BCUT2D eigenvalue weighted by Gasteiger charge is 2.23. The minimum Gasteiger partial charge on any atom is -0.507 e. The third-order valence-electron chi connectivity index (χ3n) is 3.73. The largest absolute Gasteiger partial charge is 0.507 e. The summed E-state index contributed by atoms with van der Waals surface area (Å²) in [7, 11) is 1.69. The van der Waals surface area contributed by atoms with Crippen LogP contribution in [0.3, 0.4) is 0 Å². The lowest BCUT2D eigenvalue weighted by atomic mass is 10.1.